The summed E-state index contributed by atoms with van der Waals surface area (Å²) >= 11 is 0. The van der Waals surface area contributed by atoms with Crippen molar-refractivity contribution < 1.29 is 18.6 Å². The third-order valence-electron chi connectivity index (χ3n) is 3.64. The molecule has 0 bridgehead atoms. The molecule has 0 radical (unpaired) electrons. The van der Waals surface area contributed by atoms with Crippen LogP contribution < -0.4 is 4.74 Å². The summed E-state index contributed by atoms with van der Waals surface area (Å²) in [6.45, 7) is 8.70. The molecule has 1 N–H and O–H groups in total. The highest BCUT2D eigenvalue weighted by molar-refractivity contribution is 5.32. The van der Waals surface area contributed by atoms with Crippen molar-refractivity contribution in [3.05, 3.63) is 29.8 Å². The monoisotopic (exact) mass is 286 g/mol. The molecule has 0 heterocycles. The Morgan fingerprint density at radius 1 is 1.00 bits per heavy atom. The Morgan fingerprint density at radius 2 is 1.50 bits per heavy atom. The summed E-state index contributed by atoms with van der Waals surface area (Å²) in [5.41, 5.74) is -1.05. The van der Waals surface area contributed by atoms with Crippen molar-refractivity contribution in [2.24, 2.45) is 11.8 Å². The molecule has 0 aromatic heterocycles. The average Bonchev–Trinajstić information content (AvgIpc) is 2.36. The fourth-order valence-electron chi connectivity index (χ4n) is 2.39. The van der Waals surface area contributed by atoms with E-state index in [1.807, 2.05) is 13.8 Å². The lowest BCUT2D eigenvalue weighted by atomic mass is 9.74. The van der Waals surface area contributed by atoms with Crippen LogP contribution in [0.1, 0.15) is 40.2 Å². The predicted molar refractivity (Wildman–Crippen MR) is 76.1 cm³/mol. The van der Waals surface area contributed by atoms with E-state index in [-0.39, 0.29) is 12.0 Å². The summed E-state index contributed by atoms with van der Waals surface area (Å²) in [7, 11) is 0. The van der Waals surface area contributed by atoms with Crippen LogP contribution in [0.3, 0.4) is 0 Å². The highest BCUT2D eigenvalue weighted by atomic mass is 19.3. The number of aliphatic hydroxyl groups is 1. The molecule has 20 heavy (non-hydrogen) atoms. The van der Waals surface area contributed by atoms with E-state index in [1.54, 1.807) is 38.1 Å². The van der Waals surface area contributed by atoms with Crippen LogP contribution in [0.4, 0.5) is 8.78 Å². The zero-order valence-corrected chi connectivity index (χ0v) is 12.7. The lowest BCUT2D eigenvalue weighted by molar-refractivity contribution is -0.112. The number of rotatable bonds is 6. The molecule has 0 aliphatic carbocycles. The normalized spacial score (nSPS) is 16.6. The number of hydrogen-bond donors (Lipinski definition) is 1. The zero-order valence-electron chi connectivity index (χ0n) is 12.7. The van der Waals surface area contributed by atoms with E-state index in [9.17, 15) is 13.9 Å². The molecule has 0 fully saturated rings. The first-order valence-electron chi connectivity index (χ1n) is 6.97. The summed E-state index contributed by atoms with van der Waals surface area (Å²) < 4.78 is 31.6. The molecule has 1 aromatic rings. The highest BCUT2D eigenvalue weighted by Gasteiger charge is 2.43. The van der Waals surface area contributed by atoms with Crippen LogP contribution in [0.5, 0.6) is 5.75 Å². The van der Waals surface area contributed by atoms with Gasteiger partial charge in [-0.05, 0) is 37.5 Å². The first kappa shape index (κ1) is 16.9. The Hall–Kier alpha value is -1.16. The number of halogens is 2. The lowest BCUT2D eigenvalue weighted by Gasteiger charge is -2.38. The van der Waals surface area contributed by atoms with Crippen molar-refractivity contribution >= 4 is 0 Å². The molecule has 2 atom stereocenters. The van der Waals surface area contributed by atoms with Crippen LogP contribution in [0.2, 0.25) is 0 Å². The minimum absolute atomic E-state index is 0.0461. The molecule has 0 saturated heterocycles. The first-order chi connectivity index (χ1) is 9.19. The molecule has 4 heteroatoms. The summed E-state index contributed by atoms with van der Waals surface area (Å²) in [6, 6.07) is 6.74. The Balaban J connectivity index is 3.10. The Kier molecular flexibility index (Phi) is 5.51. The second-order valence-electron chi connectivity index (χ2n) is 5.79. The van der Waals surface area contributed by atoms with E-state index in [1.165, 1.54) is 6.92 Å². The van der Waals surface area contributed by atoms with E-state index in [0.29, 0.717) is 11.3 Å². The van der Waals surface area contributed by atoms with Gasteiger partial charge in [0, 0.05) is 0 Å². The summed E-state index contributed by atoms with van der Waals surface area (Å²) in [4.78, 5) is 0. The highest BCUT2D eigenvalue weighted by Crippen LogP contribution is 2.40. The fraction of sp³-hybridized carbons (Fsp3) is 0.625. The molecule has 2 unspecified atom stereocenters. The van der Waals surface area contributed by atoms with E-state index in [4.69, 9.17) is 4.74 Å². The molecule has 1 rings (SSSR count). The van der Waals surface area contributed by atoms with Gasteiger partial charge in [-0.25, -0.2) is 8.78 Å². The topological polar surface area (TPSA) is 29.5 Å². The van der Waals surface area contributed by atoms with Crippen LogP contribution >= 0.6 is 0 Å². The quantitative estimate of drug-likeness (QED) is 0.848. The van der Waals surface area contributed by atoms with Gasteiger partial charge in [-0.3, -0.25) is 0 Å². The van der Waals surface area contributed by atoms with Crippen LogP contribution in [-0.4, -0.2) is 17.6 Å². The van der Waals surface area contributed by atoms with Gasteiger partial charge in [0.15, 0.2) is 0 Å². The number of benzene rings is 1. The standard InChI is InChI=1S/C16H24F2O2/c1-10(2)16(19,12(5)15(17)18)13-6-8-14(9-7-13)20-11(3)4/h6-12,15,19H,1-5H3. The molecule has 0 saturated carbocycles. The molecule has 0 spiro atoms. The van der Waals surface area contributed by atoms with Gasteiger partial charge in [-0.15, -0.1) is 0 Å². The first-order valence-corrected chi connectivity index (χ1v) is 6.97. The van der Waals surface area contributed by atoms with E-state index >= 15 is 0 Å². The maximum atomic E-state index is 13.0. The maximum Gasteiger partial charge on any atom is 0.244 e. The van der Waals surface area contributed by atoms with Gasteiger partial charge in [0.2, 0.25) is 6.43 Å². The minimum atomic E-state index is -2.58. The molecule has 0 amide bonds. The van der Waals surface area contributed by atoms with Crippen molar-refractivity contribution in [2.45, 2.75) is 52.7 Å². The van der Waals surface area contributed by atoms with Gasteiger partial charge in [-0.2, -0.15) is 0 Å². The Morgan fingerprint density at radius 3 is 1.85 bits per heavy atom. The summed E-state index contributed by atoms with van der Waals surface area (Å²) in [5.74, 6) is -0.790. The molecule has 0 aliphatic rings. The second-order valence-corrected chi connectivity index (χ2v) is 5.79. The van der Waals surface area contributed by atoms with Crippen molar-refractivity contribution in [1.82, 2.24) is 0 Å². The molecule has 2 nitrogen and oxygen atoms in total. The maximum absolute atomic E-state index is 13.0. The van der Waals surface area contributed by atoms with Crippen molar-refractivity contribution in [2.75, 3.05) is 0 Å². The Labute approximate surface area is 119 Å². The molecule has 114 valence electrons. The predicted octanol–water partition coefficient (Wildman–Crippen LogP) is 4.22. The van der Waals surface area contributed by atoms with Crippen LogP contribution in [0, 0.1) is 11.8 Å². The zero-order chi connectivity index (χ0) is 15.5. The lowest BCUT2D eigenvalue weighted by Crippen LogP contribution is -2.42. The number of alkyl halides is 2. The number of ether oxygens (including phenoxy) is 1. The third-order valence-corrected chi connectivity index (χ3v) is 3.64. The largest absolute Gasteiger partial charge is 0.491 e. The van der Waals surface area contributed by atoms with E-state index in [2.05, 4.69) is 0 Å². The van der Waals surface area contributed by atoms with Gasteiger partial charge in [-0.1, -0.05) is 32.9 Å². The molecular formula is C16H24F2O2. The van der Waals surface area contributed by atoms with Crippen LogP contribution in [-0.2, 0) is 5.60 Å². The fourth-order valence-corrected chi connectivity index (χ4v) is 2.39. The number of hydrogen-bond acceptors (Lipinski definition) is 2. The molecular weight excluding hydrogens is 262 g/mol. The van der Waals surface area contributed by atoms with Crippen LogP contribution in [0.25, 0.3) is 0 Å². The van der Waals surface area contributed by atoms with Gasteiger partial charge in [0.25, 0.3) is 0 Å². The molecule has 0 aliphatic heterocycles. The SMILES string of the molecule is CC(C)Oc1ccc(C(O)(C(C)C)C(C)C(F)F)cc1. The van der Waals surface area contributed by atoms with Crippen molar-refractivity contribution in [3.8, 4) is 5.75 Å². The van der Waals surface area contributed by atoms with Crippen molar-refractivity contribution in [1.29, 1.82) is 0 Å². The van der Waals surface area contributed by atoms with E-state index in [0.717, 1.165) is 0 Å². The van der Waals surface area contributed by atoms with E-state index < -0.39 is 17.9 Å². The molecule has 1 aromatic carbocycles. The summed E-state index contributed by atoms with van der Waals surface area (Å²) in [6.07, 6.45) is -2.53. The smallest absolute Gasteiger partial charge is 0.244 e. The van der Waals surface area contributed by atoms with Gasteiger partial charge < -0.3 is 9.84 Å². The minimum Gasteiger partial charge on any atom is -0.491 e. The summed E-state index contributed by atoms with van der Waals surface area (Å²) in [5, 5.41) is 10.8. The average molecular weight is 286 g/mol. The third kappa shape index (κ3) is 3.48. The van der Waals surface area contributed by atoms with Gasteiger partial charge in [0.1, 0.15) is 5.75 Å². The van der Waals surface area contributed by atoms with Crippen LogP contribution in [0.15, 0.2) is 24.3 Å². The van der Waals surface area contributed by atoms with Crippen molar-refractivity contribution in [3.63, 3.8) is 0 Å². The Bertz CT molecular complexity index is 415. The van der Waals surface area contributed by atoms with Gasteiger partial charge >= 0.3 is 0 Å². The van der Waals surface area contributed by atoms with Gasteiger partial charge in [0.05, 0.1) is 17.6 Å². The second kappa shape index (κ2) is 6.53.